The second-order valence-corrected chi connectivity index (χ2v) is 12.5. The van der Waals surface area contributed by atoms with Crippen molar-refractivity contribution in [3.05, 3.63) is 73.8 Å². The highest BCUT2D eigenvalue weighted by Crippen LogP contribution is 2.48. The van der Waals surface area contributed by atoms with Crippen LogP contribution < -0.4 is 15.6 Å². The van der Waals surface area contributed by atoms with E-state index in [1.54, 1.807) is 30.2 Å². The zero-order valence-corrected chi connectivity index (χ0v) is 26.1. The van der Waals surface area contributed by atoms with Crippen LogP contribution in [0.4, 0.5) is 24.5 Å². The van der Waals surface area contributed by atoms with Crippen LogP contribution in [0.5, 0.6) is 5.75 Å². The number of aryl methyl sites for hydroxylation is 3. The van der Waals surface area contributed by atoms with Gasteiger partial charge in [0.25, 0.3) is 5.91 Å². The second-order valence-electron chi connectivity index (χ2n) is 12.1. The Labute approximate surface area is 270 Å². The third-order valence-electron chi connectivity index (χ3n) is 9.42. The number of rotatable bonds is 4. The minimum atomic E-state index is -4.59. The van der Waals surface area contributed by atoms with Gasteiger partial charge < -0.3 is 24.8 Å². The standard InChI is InChI=1S/C31H28ClF3N8O4/c1-13-14(2)39-29-23(38-13)28(46)26-21(43(29)11-22(44)40-19-5-4-17(10-18(19)32)31(33,34)35)9-16-8-20-25(16)42(26)7-6-41(20)30(47)24-27(45)15(3)36-12-37-24/h4-5,10,12,16,20,25,45H,6-9,11H2,1-3H3,(H,40,44)/t16?,20-,25-/m0/s1. The van der Waals surface area contributed by atoms with E-state index in [1.807, 2.05) is 4.90 Å². The van der Waals surface area contributed by atoms with Gasteiger partial charge in [0, 0.05) is 18.8 Å². The molecule has 5 heterocycles. The van der Waals surface area contributed by atoms with Gasteiger partial charge in [0.2, 0.25) is 11.3 Å². The molecule has 1 aliphatic carbocycles. The average Bonchev–Trinajstić information content (AvgIpc) is 3.00. The molecule has 244 valence electrons. The van der Waals surface area contributed by atoms with Crippen LogP contribution in [0.3, 0.4) is 0 Å². The Kier molecular flexibility index (Phi) is 7.15. The van der Waals surface area contributed by atoms with Crippen molar-refractivity contribution in [2.75, 3.05) is 23.3 Å². The number of aromatic hydroxyl groups is 1. The van der Waals surface area contributed by atoms with Gasteiger partial charge in [0.05, 0.1) is 45.4 Å². The van der Waals surface area contributed by atoms with Crippen molar-refractivity contribution >= 4 is 46.0 Å². The largest absolute Gasteiger partial charge is 0.504 e. The number of amides is 2. The van der Waals surface area contributed by atoms with E-state index in [4.69, 9.17) is 11.6 Å². The van der Waals surface area contributed by atoms with E-state index in [-0.39, 0.29) is 69.8 Å². The smallest absolute Gasteiger partial charge is 0.416 e. The molecule has 3 atom stereocenters. The number of pyridine rings is 1. The van der Waals surface area contributed by atoms with Crippen LogP contribution in [0.1, 0.15) is 45.2 Å². The van der Waals surface area contributed by atoms with Crippen molar-refractivity contribution in [2.45, 2.75) is 58.4 Å². The Morgan fingerprint density at radius 2 is 1.83 bits per heavy atom. The first-order valence-corrected chi connectivity index (χ1v) is 15.3. The summed E-state index contributed by atoms with van der Waals surface area (Å²) in [6.45, 7) is 5.34. The number of aromatic nitrogens is 5. The summed E-state index contributed by atoms with van der Waals surface area (Å²) in [7, 11) is 0. The lowest BCUT2D eigenvalue weighted by Gasteiger charge is -2.61. The predicted octanol–water partition coefficient (Wildman–Crippen LogP) is 3.80. The van der Waals surface area contributed by atoms with Gasteiger partial charge in [-0.25, -0.2) is 19.9 Å². The Balaban J connectivity index is 1.25. The summed E-state index contributed by atoms with van der Waals surface area (Å²) in [5, 5.41) is 12.8. The van der Waals surface area contributed by atoms with E-state index in [0.717, 1.165) is 18.2 Å². The van der Waals surface area contributed by atoms with Crippen LogP contribution in [0.2, 0.25) is 5.02 Å². The number of halogens is 4. The number of nitrogens with zero attached hydrogens (tertiary/aromatic N) is 7. The number of nitrogens with one attached hydrogen (secondary N) is 1. The molecular formula is C31H28ClF3N8O4. The maximum absolute atomic E-state index is 14.1. The SMILES string of the molecule is Cc1nc2c(=O)c3c(n(CC(=O)Nc4ccc(C(F)(F)F)cc4Cl)c2nc1C)CC1C[C@H]2[C@H]1N3CCN2C(=O)c1ncnc(C)c1O. The van der Waals surface area contributed by atoms with E-state index in [2.05, 4.69) is 25.3 Å². The molecule has 0 spiro atoms. The summed E-state index contributed by atoms with van der Waals surface area (Å²) < 4.78 is 41.1. The van der Waals surface area contributed by atoms with Crippen molar-refractivity contribution in [2.24, 2.45) is 5.92 Å². The van der Waals surface area contributed by atoms with Crippen LogP contribution in [0.25, 0.3) is 11.2 Å². The highest BCUT2D eigenvalue weighted by Gasteiger charge is 2.55. The molecular weight excluding hydrogens is 641 g/mol. The molecule has 3 aliphatic rings. The van der Waals surface area contributed by atoms with Crippen LogP contribution in [0, 0.1) is 26.7 Å². The number of hydrogen-bond donors (Lipinski definition) is 2. The van der Waals surface area contributed by atoms with Crippen molar-refractivity contribution in [1.82, 2.24) is 29.4 Å². The summed E-state index contributed by atoms with van der Waals surface area (Å²) in [4.78, 5) is 61.9. The van der Waals surface area contributed by atoms with Crippen LogP contribution >= 0.6 is 11.6 Å². The molecule has 2 aliphatic heterocycles. The fraction of sp³-hybridized carbons (Fsp3) is 0.387. The van der Waals surface area contributed by atoms with Crippen molar-refractivity contribution in [1.29, 1.82) is 0 Å². The van der Waals surface area contributed by atoms with Crippen molar-refractivity contribution in [3.63, 3.8) is 0 Å². The zero-order chi connectivity index (χ0) is 33.5. The third-order valence-corrected chi connectivity index (χ3v) is 9.73. The number of hydrogen-bond acceptors (Lipinski definition) is 9. The highest BCUT2D eigenvalue weighted by molar-refractivity contribution is 6.33. The predicted molar refractivity (Wildman–Crippen MR) is 165 cm³/mol. The molecule has 7 rings (SSSR count). The average molecular weight is 669 g/mol. The second kappa shape index (κ2) is 10.9. The van der Waals surface area contributed by atoms with Crippen LogP contribution in [0.15, 0.2) is 29.3 Å². The fourth-order valence-corrected chi connectivity index (χ4v) is 7.19. The van der Waals surface area contributed by atoms with Gasteiger partial charge in [-0.2, -0.15) is 13.2 Å². The summed E-state index contributed by atoms with van der Waals surface area (Å²) in [6.07, 6.45) is -2.32. The molecule has 2 N–H and O–H groups in total. The van der Waals surface area contributed by atoms with Gasteiger partial charge in [-0.05, 0) is 57.7 Å². The normalized spacial score (nSPS) is 20.0. The van der Waals surface area contributed by atoms with Gasteiger partial charge >= 0.3 is 6.18 Å². The number of anilines is 2. The summed E-state index contributed by atoms with van der Waals surface area (Å²) in [6, 6.07) is 2.26. The monoisotopic (exact) mass is 668 g/mol. The fourth-order valence-electron chi connectivity index (χ4n) is 6.97. The van der Waals surface area contributed by atoms with Gasteiger partial charge in [-0.1, -0.05) is 11.6 Å². The van der Waals surface area contributed by atoms with E-state index < -0.39 is 23.6 Å². The van der Waals surface area contributed by atoms with E-state index >= 15 is 0 Å². The number of alkyl halides is 3. The number of carbonyl (C=O) groups excluding carboxylic acids is 2. The molecule has 0 radical (unpaired) electrons. The van der Waals surface area contributed by atoms with Gasteiger partial charge in [-0.15, -0.1) is 0 Å². The molecule has 4 aromatic rings. The molecule has 3 aromatic heterocycles. The van der Waals surface area contributed by atoms with E-state index in [1.165, 1.54) is 6.33 Å². The van der Waals surface area contributed by atoms with Crippen molar-refractivity contribution in [3.8, 4) is 5.75 Å². The summed E-state index contributed by atoms with van der Waals surface area (Å²) in [5.41, 5.74) is 1.37. The lowest BCUT2D eigenvalue weighted by molar-refractivity contribution is -0.137. The number of benzene rings is 1. The molecule has 1 saturated heterocycles. The first-order chi connectivity index (χ1) is 22.2. The third kappa shape index (κ3) is 4.94. The molecule has 1 aromatic carbocycles. The van der Waals surface area contributed by atoms with Gasteiger partial charge in [-0.3, -0.25) is 14.4 Å². The Bertz CT molecular complexity index is 2070. The molecule has 0 bridgehead atoms. The van der Waals surface area contributed by atoms with E-state index in [9.17, 15) is 32.7 Å². The minimum absolute atomic E-state index is 0.00889. The molecule has 1 saturated carbocycles. The number of piperazine rings is 1. The van der Waals surface area contributed by atoms with Gasteiger partial charge in [0.15, 0.2) is 22.6 Å². The Hall–Kier alpha value is -4.79. The maximum atomic E-state index is 14.1. The Morgan fingerprint density at radius 3 is 2.55 bits per heavy atom. The molecule has 16 heteroatoms. The Morgan fingerprint density at radius 1 is 1.09 bits per heavy atom. The van der Waals surface area contributed by atoms with Gasteiger partial charge in [0.1, 0.15) is 18.6 Å². The molecule has 2 amide bonds. The number of carbonyl (C=O) groups is 2. The number of fused-ring (bicyclic) bond motifs is 3. The first-order valence-electron chi connectivity index (χ1n) is 14.9. The van der Waals surface area contributed by atoms with E-state index in [0.29, 0.717) is 47.8 Å². The summed E-state index contributed by atoms with van der Waals surface area (Å²) >= 11 is 6.10. The first kappa shape index (κ1) is 30.8. The summed E-state index contributed by atoms with van der Waals surface area (Å²) in [5.74, 6) is -1.21. The molecule has 47 heavy (non-hydrogen) atoms. The lowest BCUT2D eigenvalue weighted by atomic mass is 9.67. The highest BCUT2D eigenvalue weighted by atomic mass is 35.5. The maximum Gasteiger partial charge on any atom is 0.416 e. The topological polar surface area (TPSA) is 146 Å². The molecule has 12 nitrogen and oxygen atoms in total. The molecule has 1 unspecified atom stereocenters. The van der Waals surface area contributed by atoms with Crippen molar-refractivity contribution < 1.29 is 27.9 Å². The van der Waals surface area contributed by atoms with Crippen LogP contribution in [-0.4, -0.2) is 71.5 Å². The quantitative estimate of drug-likeness (QED) is 0.332. The minimum Gasteiger partial charge on any atom is -0.504 e. The van der Waals surface area contributed by atoms with Crippen LogP contribution in [-0.2, 0) is 23.9 Å². The molecule has 2 fully saturated rings. The zero-order valence-electron chi connectivity index (χ0n) is 25.4. The lowest BCUT2D eigenvalue weighted by Crippen LogP contribution is -2.72.